The molecule has 3 nitrogen and oxygen atoms in total. The first-order valence-corrected chi connectivity index (χ1v) is 7.45. The third kappa shape index (κ3) is 4.10. The molecule has 0 aliphatic carbocycles. The van der Waals surface area contributed by atoms with Crippen molar-refractivity contribution >= 4 is 5.97 Å². The zero-order valence-electron chi connectivity index (χ0n) is 13.4. The summed E-state index contributed by atoms with van der Waals surface area (Å²) >= 11 is 0. The van der Waals surface area contributed by atoms with Crippen molar-refractivity contribution in [1.82, 2.24) is 0 Å². The second-order valence-electron chi connectivity index (χ2n) is 5.36. The molecular formula is C19H22O3. The van der Waals surface area contributed by atoms with Crippen LogP contribution in [0.2, 0.25) is 0 Å². The van der Waals surface area contributed by atoms with E-state index in [-0.39, 0.29) is 5.97 Å². The third-order valence-electron chi connectivity index (χ3n) is 3.68. The highest BCUT2D eigenvalue weighted by molar-refractivity contribution is 5.90. The number of hydrogen-bond acceptors (Lipinski definition) is 3. The van der Waals surface area contributed by atoms with E-state index >= 15 is 0 Å². The van der Waals surface area contributed by atoms with Crippen molar-refractivity contribution in [3.05, 3.63) is 64.7 Å². The number of esters is 1. The molecule has 0 unspecified atom stereocenters. The predicted octanol–water partition coefficient (Wildman–Crippen LogP) is 3.97. The summed E-state index contributed by atoms with van der Waals surface area (Å²) in [6.07, 6.45) is 2.77. The van der Waals surface area contributed by atoms with Crippen molar-refractivity contribution in [2.45, 2.75) is 26.2 Å². The second kappa shape index (κ2) is 7.64. The Morgan fingerprint density at radius 3 is 2.55 bits per heavy atom. The standard InChI is InChI=1S/C19H22O3/c1-14-11-15(13-17(12-14)21-2)7-6-9-16-8-4-5-10-18(16)19(20)22-3/h4-5,8,10-13H,6-7,9H2,1-3H3. The van der Waals surface area contributed by atoms with Gasteiger partial charge in [-0.15, -0.1) is 0 Å². The van der Waals surface area contributed by atoms with E-state index in [9.17, 15) is 4.79 Å². The van der Waals surface area contributed by atoms with Gasteiger partial charge in [-0.2, -0.15) is 0 Å². The molecule has 0 heterocycles. The van der Waals surface area contributed by atoms with E-state index in [0.29, 0.717) is 5.56 Å². The summed E-state index contributed by atoms with van der Waals surface area (Å²) in [5.74, 6) is 0.623. The van der Waals surface area contributed by atoms with E-state index in [1.165, 1.54) is 18.2 Å². The number of hydrogen-bond donors (Lipinski definition) is 0. The molecule has 0 amide bonds. The highest BCUT2D eigenvalue weighted by Gasteiger charge is 2.10. The van der Waals surface area contributed by atoms with Gasteiger partial charge in [0, 0.05) is 0 Å². The maximum absolute atomic E-state index is 11.8. The van der Waals surface area contributed by atoms with E-state index in [1.54, 1.807) is 7.11 Å². The monoisotopic (exact) mass is 298 g/mol. The Morgan fingerprint density at radius 1 is 1.05 bits per heavy atom. The minimum absolute atomic E-state index is 0.271. The second-order valence-corrected chi connectivity index (χ2v) is 5.36. The van der Waals surface area contributed by atoms with E-state index in [1.807, 2.05) is 30.3 Å². The molecule has 2 aromatic rings. The van der Waals surface area contributed by atoms with E-state index in [0.717, 1.165) is 30.6 Å². The zero-order valence-corrected chi connectivity index (χ0v) is 13.4. The van der Waals surface area contributed by atoms with Crippen molar-refractivity contribution in [1.29, 1.82) is 0 Å². The Bertz CT molecular complexity index is 647. The van der Waals surface area contributed by atoms with Crippen LogP contribution in [-0.2, 0) is 17.6 Å². The number of ether oxygens (including phenoxy) is 2. The number of rotatable bonds is 6. The lowest BCUT2D eigenvalue weighted by Gasteiger charge is -2.09. The van der Waals surface area contributed by atoms with Gasteiger partial charge in [0.05, 0.1) is 19.8 Å². The van der Waals surface area contributed by atoms with Crippen LogP contribution in [0.25, 0.3) is 0 Å². The number of methoxy groups -OCH3 is 2. The number of carbonyl (C=O) groups is 1. The lowest BCUT2D eigenvalue weighted by Crippen LogP contribution is -2.05. The largest absolute Gasteiger partial charge is 0.497 e. The van der Waals surface area contributed by atoms with Gasteiger partial charge in [-0.05, 0) is 61.1 Å². The topological polar surface area (TPSA) is 35.5 Å². The first-order chi connectivity index (χ1) is 10.6. The first-order valence-electron chi connectivity index (χ1n) is 7.45. The van der Waals surface area contributed by atoms with E-state index in [2.05, 4.69) is 19.1 Å². The Labute approximate surface area is 131 Å². The summed E-state index contributed by atoms with van der Waals surface area (Å²) in [6, 6.07) is 13.9. The molecule has 2 rings (SSSR count). The number of benzene rings is 2. The summed E-state index contributed by atoms with van der Waals surface area (Å²) in [5, 5.41) is 0. The lowest BCUT2D eigenvalue weighted by molar-refractivity contribution is 0.0599. The van der Waals surface area contributed by atoms with Gasteiger partial charge in [0.2, 0.25) is 0 Å². The maximum Gasteiger partial charge on any atom is 0.338 e. The molecule has 0 aliphatic heterocycles. The molecule has 0 saturated carbocycles. The summed E-state index contributed by atoms with van der Waals surface area (Å²) in [6.45, 7) is 2.07. The Balaban J connectivity index is 2.03. The van der Waals surface area contributed by atoms with Gasteiger partial charge in [0.25, 0.3) is 0 Å². The predicted molar refractivity (Wildman–Crippen MR) is 87.5 cm³/mol. The Kier molecular flexibility index (Phi) is 5.59. The van der Waals surface area contributed by atoms with Crippen molar-refractivity contribution < 1.29 is 14.3 Å². The van der Waals surface area contributed by atoms with Crippen molar-refractivity contribution in [3.63, 3.8) is 0 Å². The average molecular weight is 298 g/mol. The van der Waals surface area contributed by atoms with Crippen molar-refractivity contribution in [2.75, 3.05) is 14.2 Å². The van der Waals surface area contributed by atoms with E-state index < -0.39 is 0 Å². The van der Waals surface area contributed by atoms with Gasteiger partial charge in [-0.1, -0.05) is 24.3 Å². The molecule has 0 N–H and O–H groups in total. The molecule has 22 heavy (non-hydrogen) atoms. The fourth-order valence-electron chi connectivity index (χ4n) is 2.62. The molecule has 0 bridgehead atoms. The van der Waals surface area contributed by atoms with Gasteiger partial charge in [0.15, 0.2) is 0 Å². The summed E-state index contributed by atoms with van der Waals surface area (Å²) in [4.78, 5) is 11.8. The van der Waals surface area contributed by atoms with Crippen LogP contribution in [0.1, 0.15) is 33.5 Å². The van der Waals surface area contributed by atoms with Crippen LogP contribution in [0.5, 0.6) is 5.75 Å². The summed E-state index contributed by atoms with van der Waals surface area (Å²) in [7, 11) is 3.10. The summed E-state index contributed by atoms with van der Waals surface area (Å²) < 4.78 is 10.1. The van der Waals surface area contributed by atoms with Crippen molar-refractivity contribution in [2.24, 2.45) is 0 Å². The molecule has 0 atom stereocenters. The fourth-order valence-corrected chi connectivity index (χ4v) is 2.62. The molecular weight excluding hydrogens is 276 g/mol. The molecule has 0 saturated heterocycles. The van der Waals surface area contributed by atoms with Crippen LogP contribution in [0.3, 0.4) is 0 Å². The molecule has 0 radical (unpaired) electrons. The fraction of sp³-hybridized carbons (Fsp3) is 0.316. The van der Waals surface area contributed by atoms with Crippen LogP contribution in [-0.4, -0.2) is 20.2 Å². The lowest BCUT2D eigenvalue weighted by atomic mass is 9.99. The molecule has 0 aliphatic rings. The van der Waals surface area contributed by atoms with Gasteiger partial charge < -0.3 is 9.47 Å². The van der Waals surface area contributed by atoms with Crippen LogP contribution in [0.4, 0.5) is 0 Å². The van der Waals surface area contributed by atoms with Crippen LogP contribution >= 0.6 is 0 Å². The number of aryl methyl sites for hydroxylation is 3. The van der Waals surface area contributed by atoms with Gasteiger partial charge in [-0.3, -0.25) is 0 Å². The maximum atomic E-state index is 11.8. The molecule has 0 spiro atoms. The first kappa shape index (κ1) is 16.1. The average Bonchev–Trinajstić information content (AvgIpc) is 2.54. The molecule has 0 aromatic heterocycles. The van der Waals surface area contributed by atoms with Crippen LogP contribution in [0.15, 0.2) is 42.5 Å². The number of carbonyl (C=O) groups excluding carboxylic acids is 1. The normalized spacial score (nSPS) is 10.3. The van der Waals surface area contributed by atoms with Crippen molar-refractivity contribution in [3.8, 4) is 5.75 Å². The SMILES string of the molecule is COC(=O)c1ccccc1CCCc1cc(C)cc(OC)c1. The van der Waals surface area contributed by atoms with Crippen LogP contribution < -0.4 is 4.74 Å². The Hall–Kier alpha value is -2.29. The highest BCUT2D eigenvalue weighted by atomic mass is 16.5. The smallest absolute Gasteiger partial charge is 0.338 e. The van der Waals surface area contributed by atoms with E-state index in [4.69, 9.17) is 9.47 Å². The van der Waals surface area contributed by atoms with Crippen LogP contribution in [0, 0.1) is 6.92 Å². The zero-order chi connectivity index (χ0) is 15.9. The van der Waals surface area contributed by atoms with Gasteiger partial charge in [0.1, 0.15) is 5.75 Å². The minimum atomic E-state index is -0.271. The molecule has 2 aromatic carbocycles. The highest BCUT2D eigenvalue weighted by Crippen LogP contribution is 2.19. The molecule has 0 fully saturated rings. The minimum Gasteiger partial charge on any atom is -0.497 e. The van der Waals surface area contributed by atoms with Gasteiger partial charge in [-0.25, -0.2) is 4.79 Å². The quantitative estimate of drug-likeness (QED) is 0.757. The Morgan fingerprint density at radius 2 is 1.82 bits per heavy atom. The molecule has 116 valence electrons. The molecule has 3 heteroatoms. The van der Waals surface area contributed by atoms with Gasteiger partial charge >= 0.3 is 5.97 Å². The third-order valence-corrected chi connectivity index (χ3v) is 3.68. The summed E-state index contributed by atoms with van der Waals surface area (Å²) in [5.41, 5.74) is 4.15.